The quantitative estimate of drug-likeness (QED) is 0.626. The van der Waals surface area contributed by atoms with Crippen LogP contribution in [0.25, 0.3) is 0 Å². The maximum Gasteiger partial charge on any atom is 0.0897 e. The van der Waals surface area contributed by atoms with Crippen LogP contribution in [0.15, 0.2) is 30.6 Å². The molecule has 0 saturated carbocycles. The Balaban J connectivity index is 0. The molecule has 0 aliphatic heterocycles. The first kappa shape index (κ1) is 18.3. The molecule has 0 nitrogen and oxygen atoms in total. The van der Waals surface area contributed by atoms with E-state index in [4.69, 9.17) is 0 Å². The SMILES string of the molecule is C=C(C)F.CC.CCc1cccc(CC)c1C. The Morgan fingerprint density at radius 1 is 1.12 bits per heavy atom. The highest BCUT2D eigenvalue weighted by atomic mass is 19.1. The van der Waals surface area contributed by atoms with Gasteiger partial charge in [0, 0.05) is 0 Å². The maximum atomic E-state index is 10.8. The molecular weight excluding hydrogens is 211 g/mol. The largest absolute Gasteiger partial charge is 0.213 e. The van der Waals surface area contributed by atoms with Gasteiger partial charge in [0.05, 0.1) is 5.83 Å². The summed E-state index contributed by atoms with van der Waals surface area (Å²) in [7, 11) is 0. The first-order chi connectivity index (χ1) is 8.02. The topological polar surface area (TPSA) is 0 Å². The summed E-state index contributed by atoms with van der Waals surface area (Å²) in [6.45, 7) is 14.8. The second kappa shape index (κ2) is 11.4. The Labute approximate surface area is 107 Å². The second-order valence-electron chi connectivity index (χ2n) is 3.58. The fourth-order valence-electron chi connectivity index (χ4n) is 1.50. The van der Waals surface area contributed by atoms with Crippen molar-refractivity contribution in [1.82, 2.24) is 0 Å². The average Bonchev–Trinajstić information content (AvgIpc) is 2.31. The minimum Gasteiger partial charge on any atom is -0.213 e. The van der Waals surface area contributed by atoms with Crippen LogP contribution in [0.3, 0.4) is 0 Å². The number of hydrogen-bond acceptors (Lipinski definition) is 0. The number of rotatable bonds is 2. The van der Waals surface area contributed by atoms with Crippen LogP contribution >= 0.6 is 0 Å². The third-order valence-corrected chi connectivity index (χ3v) is 2.32. The molecule has 0 heterocycles. The van der Waals surface area contributed by atoms with Gasteiger partial charge in [-0.25, -0.2) is 4.39 Å². The summed E-state index contributed by atoms with van der Waals surface area (Å²) >= 11 is 0. The summed E-state index contributed by atoms with van der Waals surface area (Å²) in [5, 5.41) is 0. The molecule has 0 aromatic heterocycles. The summed E-state index contributed by atoms with van der Waals surface area (Å²) in [5.41, 5.74) is 4.46. The molecule has 0 atom stereocenters. The van der Waals surface area contributed by atoms with Crippen molar-refractivity contribution in [3.63, 3.8) is 0 Å². The highest BCUT2D eigenvalue weighted by molar-refractivity contribution is 5.33. The van der Waals surface area contributed by atoms with Crippen LogP contribution in [-0.4, -0.2) is 0 Å². The lowest BCUT2D eigenvalue weighted by atomic mass is 9.99. The second-order valence-corrected chi connectivity index (χ2v) is 3.58. The van der Waals surface area contributed by atoms with Crippen LogP contribution in [0.5, 0.6) is 0 Å². The van der Waals surface area contributed by atoms with Crippen molar-refractivity contribution in [2.45, 2.75) is 54.4 Å². The molecule has 0 fully saturated rings. The van der Waals surface area contributed by atoms with Gasteiger partial charge in [-0.15, -0.1) is 0 Å². The van der Waals surface area contributed by atoms with Gasteiger partial charge < -0.3 is 0 Å². The van der Waals surface area contributed by atoms with Crippen LogP contribution in [0.2, 0.25) is 0 Å². The molecule has 1 aromatic carbocycles. The first-order valence-corrected chi connectivity index (χ1v) is 6.41. The van der Waals surface area contributed by atoms with Gasteiger partial charge >= 0.3 is 0 Å². The summed E-state index contributed by atoms with van der Waals surface area (Å²) < 4.78 is 10.8. The molecule has 98 valence electrons. The average molecular weight is 238 g/mol. The van der Waals surface area contributed by atoms with Crippen molar-refractivity contribution in [3.05, 3.63) is 47.3 Å². The molecular formula is C16H27F. The number of aryl methyl sites for hydroxylation is 2. The van der Waals surface area contributed by atoms with E-state index in [2.05, 4.69) is 45.5 Å². The van der Waals surface area contributed by atoms with Gasteiger partial charge in [0.1, 0.15) is 0 Å². The van der Waals surface area contributed by atoms with Crippen LogP contribution in [0.1, 0.15) is 51.3 Å². The van der Waals surface area contributed by atoms with E-state index in [0.717, 1.165) is 12.8 Å². The summed E-state index contributed by atoms with van der Waals surface area (Å²) in [6, 6.07) is 6.59. The zero-order valence-corrected chi connectivity index (χ0v) is 12.2. The van der Waals surface area contributed by atoms with E-state index in [1.807, 2.05) is 13.8 Å². The van der Waals surface area contributed by atoms with Gasteiger partial charge in [-0.1, -0.05) is 52.5 Å². The van der Waals surface area contributed by atoms with Gasteiger partial charge in [-0.3, -0.25) is 0 Å². The molecule has 0 bridgehead atoms. The highest BCUT2D eigenvalue weighted by Gasteiger charge is 1.98. The normalized spacial score (nSPS) is 8.41. The number of hydrogen-bond donors (Lipinski definition) is 0. The van der Waals surface area contributed by atoms with E-state index in [0.29, 0.717) is 0 Å². The van der Waals surface area contributed by atoms with E-state index in [9.17, 15) is 4.39 Å². The Morgan fingerprint density at radius 3 is 1.65 bits per heavy atom. The van der Waals surface area contributed by atoms with Crippen molar-refractivity contribution in [1.29, 1.82) is 0 Å². The zero-order chi connectivity index (χ0) is 13.8. The number of benzene rings is 1. The zero-order valence-electron chi connectivity index (χ0n) is 12.2. The maximum absolute atomic E-state index is 10.8. The highest BCUT2D eigenvalue weighted by Crippen LogP contribution is 2.14. The fourth-order valence-corrected chi connectivity index (χ4v) is 1.50. The van der Waals surface area contributed by atoms with Gasteiger partial charge in [-0.2, -0.15) is 0 Å². The molecule has 0 amide bonds. The van der Waals surface area contributed by atoms with E-state index in [1.165, 1.54) is 23.6 Å². The third kappa shape index (κ3) is 8.67. The van der Waals surface area contributed by atoms with Crippen molar-refractivity contribution in [2.24, 2.45) is 0 Å². The van der Waals surface area contributed by atoms with Crippen molar-refractivity contribution in [3.8, 4) is 0 Å². The predicted molar refractivity (Wildman–Crippen MR) is 77.2 cm³/mol. The molecule has 17 heavy (non-hydrogen) atoms. The molecule has 0 radical (unpaired) electrons. The van der Waals surface area contributed by atoms with E-state index >= 15 is 0 Å². The molecule has 1 heteroatoms. The van der Waals surface area contributed by atoms with Gasteiger partial charge in [0.2, 0.25) is 0 Å². The van der Waals surface area contributed by atoms with Gasteiger partial charge in [0.25, 0.3) is 0 Å². The lowest BCUT2D eigenvalue weighted by molar-refractivity contribution is 0.645. The van der Waals surface area contributed by atoms with Gasteiger partial charge in [0.15, 0.2) is 0 Å². The number of halogens is 1. The van der Waals surface area contributed by atoms with Crippen LogP contribution < -0.4 is 0 Å². The van der Waals surface area contributed by atoms with E-state index < -0.39 is 0 Å². The predicted octanol–water partition coefficient (Wildman–Crippen LogP) is 5.64. The standard InChI is InChI=1S/C11H16.C3H5F.C2H6/c1-4-10-7-6-8-11(5-2)9(10)3;1-3(2)4;1-2/h6-8H,4-5H2,1-3H3;1H2,2H3;1-2H3. The van der Waals surface area contributed by atoms with E-state index in [1.54, 1.807) is 0 Å². The molecule has 0 saturated heterocycles. The third-order valence-electron chi connectivity index (χ3n) is 2.32. The Bertz CT molecular complexity index is 287. The molecule has 0 spiro atoms. The Kier molecular flexibility index (Phi) is 12.2. The van der Waals surface area contributed by atoms with Crippen LogP contribution in [0, 0.1) is 6.92 Å². The minimum absolute atomic E-state index is 0.333. The molecule has 1 rings (SSSR count). The summed E-state index contributed by atoms with van der Waals surface area (Å²) in [4.78, 5) is 0. The van der Waals surface area contributed by atoms with Gasteiger partial charge in [-0.05, 0) is 43.4 Å². The molecule has 0 aliphatic rings. The minimum atomic E-state index is -0.333. The monoisotopic (exact) mass is 238 g/mol. The van der Waals surface area contributed by atoms with Crippen molar-refractivity contribution >= 4 is 0 Å². The first-order valence-electron chi connectivity index (χ1n) is 6.41. The van der Waals surface area contributed by atoms with Crippen LogP contribution in [-0.2, 0) is 12.8 Å². The Hall–Kier alpha value is -1.11. The molecule has 1 aromatic rings. The lowest BCUT2D eigenvalue weighted by Crippen LogP contribution is -1.91. The summed E-state index contributed by atoms with van der Waals surface area (Å²) in [6.07, 6.45) is 2.30. The Morgan fingerprint density at radius 2 is 1.41 bits per heavy atom. The molecule has 0 unspecified atom stereocenters. The van der Waals surface area contributed by atoms with E-state index in [-0.39, 0.29) is 5.83 Å². The summed E-state index contributed by atoms with van der Waals surface area (Å²) in [5.74, 6) is -0.333. The lowest BCUT2D eigenvalue weighted by Gasteiger charge is -2.06. The van der Waals surface area contributed by atoms with Crippen LogP contribution in [0.4, 0.5) is 4.39 Å². The number of allylic oxidation sites excluding steroid dienone is 1. The van der Waals surface area contributed by atoms with Crippen molar-refractivity contribution in [2.75, 3.05) is 0 Å². The van der Waals surface area contributed by atoms with Crippen molar-refractivity contribution < 1.29 is 4.39 Å². The molecule has 0 aliphatic carbocycles. The fraction of sp³-hybridized carbons (Fsp3) is 0.500. The molecule has 0 N–H and O–H groups in total. The smallest absolute Gasteiger partial charge is 0.0897 e.